The van der Waals surface area contributed by atoms with Crippen LogP contribution in [-0.2, 0) is 11.3 Å². The molecule has 4 rings (SSSR count). The van der Waals surface area contributed by atoms with Gasteiger partial charge in [-0.2, -0.15) is 5.10 Å². The third-order valence-electron chi connectivity index (χ3n) is 6.82. The quantitative estimate of drug-likeness (QED) is 0.615. The summed E-state index contributed by atoms with van der Waals surface area (Å²) in [7, 11) is 0. The van der Waals surface area contributed by atoms with Gasteiger partial charge in [0, 0.05) is 18.7 Å². The van der Waals surface area contributed by atoms with Gasteiger partial charge in [-0.3, -0.25) is 19.1 Å². The van der Waals surface area contributed by atoms with Crippen LogP contribution in [0.15, 0.2) is 24.3 Å². The number of anilines is 1. The molecule has 34 heavy (non-hydrogen) atoms. The van der Waals surface area contributed by atoms with Crippen LogP contribution >= 0.6 is 11.6 Å². The lowest BCUT2D eigenvalue weighted by Gasteiger charge is -2.43. The van der Waals surface area contributed by atoms with Crippen molar-refractivity contribution in [3.63, 3.8) is 0 Å². The molecule has 8 nitrogen and oxygen atoms in total. The molecule has 0 saturated heterocycles. The summed E-state index contributed by atoms with van der Waals surface area (Å²) in [4.78, 5) is 41.5. The highest BCUT2D eigenvalue weighted by atomic mass is 35.5. The van der Waals surface area contributed by atoms with Crippen molar-refractivity contribution in [1.29, 1.82) is 0 Å². The number of fused-ring (bicyclic) bond motifs is 1. The molecule has 182 valence electrons. The molecule has 1 aliphatic carbocycles. The molecule has 0 bridgehead atoms. The lowest BCUT2D eigenvalue weighted by atomic mass is 9.94. The number of amides is 3. The molecular formula is C25H32ClN5O3. The molecule has 1 unspecified atom stereocenters. The van der Waals surface area contributed by atoms with Gasteiger partial charge >= 0.3 is 0 Å². The number of unbranched alkanes of at least 4 members (excludes halogenated alkanes) is 1. The minimum absolute atomic E-state index is 0.107. The van der Waals surface area contributed by atoms with E-state index in [0.717, 1.165) is 44.1 Å². The third-order valence-corrected chi connectivity index (χ3v) is 7.13. The van der Waals surface area contributed by atoms with Crippen LogP contribution < -0.4 is 10.6 Å². The fraction of sp³-hybridized carbons (Fsp3) is 0.520. The van der Waals surface area contributed by atoms with Gasteiger partial charge in [0.2, 0.25) is 5.91 Å². The Balaban J connectivity index is 1.60. The Kier molecular flexibility index (Phi) is 6.98. The second-order valence-corrected chi connectivity index (χ2v) is 9.96. The zero-order chi connectivity index (χ0) is 24.5. The van der Waals surface area contributed by atoms with Gasteiger partial charge < -0.3 is 15.5 Å². The van der Waals surface area contributed by atoms with E-state index < -0.39 is 11.4 Å². The normalized spacial score (nSPS) is 20.4. The summed E-state index contributed by atoms with van der Waals surface area (Å²) in [5.41, 5.74) is 0.786. The maximum atomic E-state index is 13.5. The van der Waals surface area contributed by atoms with Crippen molar-refractivity contribution in [1.82, 2.24) is 20.0 Å². The SMILES string of the molecule is CCCCN1C(=O)c2cc(C(=O)Nc3ccc(C)cc3Cl)nn2CC1(C)C(=O)NC1CCCC1. The number of rotatable bonds is 7. The van der Waals surface area contributed by atoms with Gasteiger partial charge in [0.05, 0.1) is 17.3 Å². The molecule has 3 amide bonds. The summed E-state index contributed by atoms with van der Waals surface area (Å²) in [6, 6.07) is 6.98. The van der Waals surface area contributed by atoms with Crippen LogP contribution in [0.5, 0.6) is 0 Å². The molecule has 1 fully saturated rings. The Bertz CT molecular complexity index is 1110. The Labute approximate surface area is 205 Å². The Morgan fingerprint density at radius 3 is 2.65 bits per heavy atom. The number of aryl methyl sites for hydroxylation is 1. The predicted molar refractivity (Wildman–Crippen MR) is 131 cm³/mol. The van der Waals surface area contributed by atoms with Crippen molar-refractivity contribution in [3.05, 3.63) is 46.2 Å². The molecule has 0 radical (unpaired) electrons. The summed E-state index contributed by atoms with van der Waals surface area (Å²) in [6.07, 6.45) is 5.81. The molecule has 2 N–H and O–H groups in total. The first kappa shape index (κ1) is 24.3. The summed E-state index contributed by atoms with van der Waals surface area (Å²) >= 11 is 6.25. The van der Waals surface area contributed by atoms with Crippen LogP contribution in [0, 0.1) is 6.92 Å². The topological polar surface area (TPSA) is 96.3 Å². The minimum Gasteiger partial charge on any atom is -0.351 e. The maximum Gasteiger partial charge on any atom is 0.276 e. The zero-order valence-electron chi connectivity index (χ0n) is 20.0. The number of carbonyl (C=O) groups excluding carboxylic acids is 3. The highest BCUT2D eigenvalue weighted by Crippen LogP contribution is 2.30. The number of nitrogens with one attached hydrogen (secondary N) is 2. The summed E-state index contributed by atoms with van der Waals surface area (Å²) in [5, 5.41) is 10.7. The van der Waals surface area contributed by atoms with E-state index in [1.54, 1.807) is 24.0 Å². The van der Waals surface area contributed by atoms with Gasteiger partial charge in [0.15, 0.2) is 5.69 Å². The smallest absolute Gasteiger partial charge is 0.276 e. The Morgan fingerprint density at radius 1 is 1.24 bits per heavy atom. The summed E-state index contributed by atoms with van der Waals surface area (Å²) in [5.74, 6) is -0.913. The molecule has 2 aliphatic rings. The van der Waals surface area contributed by atoms with E-state index in [9.17, 15) is 14.4 Å². The highest BCUT2D eigenvalue weighted by molar-refractivity contribution is 6.34. The van der Waals surface area contributed by atoms with Crippen LogP contribution in [0.1, 0.15) is 78.9 Å². The van der Waals surface area contributed by atoms with Gasteiger partial charge in [0.1, 0.15) is 11.2 Å². The maximum absolute atomic E-state index is 13.5. The fourth-order valence-electron chi connectivity index (χ4n) is 4.74. The number of benzene rings is 1. The van der Waals surface area contributed by atoms with Crippen LogP contribution in [0.3, 0.4) is 0 Å². The van der Waals surface area contributed by atoms with Crippen molar-refractivity contribution in [2.24, 2.45) is 0 Å². The number of hydrogen-bond donors (Lipinski definition) is 2. The summed E-state index contributed by atoms with van der Waals surface area (Å²) < 4.78 is 1.49. The number of halogens is 1. The molecule has 1 atom stereocenters. The molecule has 2 heterocycles. The van der Waals surface area contributed by atoms with E-state index in [0.29, 0.717) is 22.9 Å². The first-order chi connectivity index (χ1) is 16.2. The highest BCUT2D eigenvalue weighted by Gasteiger charge is 2.48. The zero-order valence-corrected chi connectivity index (χ0v) is 20.7. The van der Waals surface area contributed by atoms with Crippen LogP contribution in [0.2, 0.25) is 5.02 Å². The molecular weight excluding hydrogens is 454 g/mol. The summed E-state index contributed by atoms with van der Waals surface area (Å²) in [6.45, 7) is 6.41. The standard InChI is InChI=1S/C25H32ClN5O3/c1-4-5-12-30-23(33)21-14-20(22(32)28-19-11-10-16(2)13-18(19)26)29-31(21)15-25(30,3)24(34)27-17-8-6-7-9-17/h10-11,13-14,17H,4-9,12,15H2,1-3H3,(H,27,34)(H,28,32). The molecule has 1 aliphatic heterocycles. The first-order valence-corrected chi connectivity index (χ1v) is 12.4. The molecule has 9 heteroatoms. The molecule has 1 saturated carbocycles. The van der Waals surface area contributed by atoms with Crippen molar-refractivity contribution >= 4 is 35.0 Å². The van der Waals surface area contributed by atoms with Crippen molar-refractivity contribution in [2.45, 2.75) is 77.4 Å². The molecule has 0 spiro atoms. The van der Waals surface area contributed by atoms with E-state index in [-0.39, 0.29) is 30.1 Å². The van der Waals surface area contributed by atoms with Gasteiger partial charge in [0.25, 0.3) is 11.8 Å². The fourth-order valence-corrected chi connectivity index (χ4v) is 5.02. The van der Waals surface area contributed by atoms with Gasteiger partial charge in [-0.05, 0) is 50.8 Å². The Morgan fingerprint density at radius 2 is 1.97 bits per heavy atom. The number of nitrogens with zero attached hydrogens (tertiary/aromatic N) is 3. The van der Waals surface area contributed by atoms with E-state index >= 15 is 0 Å². The van der Waals surface area contributed by atoms with Gasteiger partial charge in [-0.15, -0.1) is 0 Å². The third kappa shape index (κ3) is 4.69. The van der Waals surface area contributed by atoms with E-state index in [2.05, 4.69) is 15.7 Å². The molecule has 2 aromatic rings. The lowest BCUT2D eigenvalue weighted by molar-refractivity contribution is -0.133. The van der Waals surface area contributed by atoms with E-state index in [1.807, 2.05) is 19.9 Å². The van der Waals surface area contributed by atoms with Gasteiger partial charge in [-0.1, -0.05) is 43.9 Å². The average Bonchev–Trinajstić information content (AvgIpc) is 3.45. The predicted octanol–water partition coefficient (Wildman–Crippen LogP) is 4.17. The van der Waals surface area contributed by atoms with E-state index in [1.165, 1.54) is 10.7 Å². The van der Waals surface area contributed by atoms with Crippen molar-refractivity contribution in [3.8, 4) is 0 Å². The second-order valence-electron chi connectivity index (χ2n) is 9.55. The van der Waals surface area contributed by atoms with Crippen LogP contribution in [-0.4, -0.2) is 50.5 Å². The lowest BCUT2D eigenvalue weighted by Crippen LogP contribution is -2.65. The average molecular weight is 486 g/mol. The molecule has 1 aromatic carbocycles. The molecule has 1 aromatic heterocycles. The first-order valence-electron chi connectivity index (χ1n) is 12.0. The Hall–Kier alpha value is -2.87. The number of carbonyl (C=O) groups is 3. The van der Waals surface area contributed by atoms with E-state index in [4.69, 9.17) is 11.6 Å². The van der Waals surface area contributed by atoms with Gasteiger partial charge in [-0.25, -0.2) is 0 Å². The minimum atomic E-state index is -1.08. The largest absolute Gasteiger partial charge is 0.351 e. The second kappa shape index (κ2) is 9.78. The van der Waals surface area contributed by atoms with Crippen LogP contribution in [0.4, 0.5) is 5.69 Å². The number of hydrogen-bond acceptors (Lipinski definition) is 4. The monoisotopic (exact) mass is 485 g/mol. The van der Waals surface area contributed by atoms with Crippen molar-refractivity contribution in [2.75, 3.05) is 11.9 Å². The van der Waals surface area contributed by atoms with Crippen molar-refractivity contribution < 1.29 is 14.4 Å². The van der Waals surface area contributed by atoms with Crippen LogP contribution in [0.25, 0.3) is 0 Å². The number of aromatic nitrogens is 2.